The van der Waals surface area contributed by atoms with Gasteiger partial charge in [0.25, 0.3) is 0 Å². The van der Waals surface area contributed by atoms with Crippen LogP contribution in [0.3, 0.4) is 0 Å². The van der Waals surface area contributed by atoms with Gasteiger partial charge in [0, 0.05) is 11.9 Å². The van der Waals surface area contributed by atoms with Crippen LogP contribution in [0.4, 0.5) is 0 Å². The smallest absolute Gasteiger partial charge is 0.0445 e. The van der Waals surface area contributed by atoms with E-state index < -0.39 is 17.9 Å². The minimum Gasteiger partial charge on any atom is -0.550 e. The summed E-state index contributed by atoms with van der Waals surface area (Å²) in [5, 5.41) is 21.3. The normalized spacial score (nSPS) is 12.2. The van der Waals surface area contributed by atoms with Crippen molar-refractivity contribution >= 4 is 11.9 Å². The highest BCUT2D eigenvalue weighted by atomic mass is 16.4. The van der Waals surface area contributed by atoms with Crippen molar-refractivity contribution in [2.75, 3.05) is 0 Å². The van der Waals surface area contributed by atoms with Crippen LogP contribution >= 0.6 is 0 Å². The predicted molar refractivity (Wildman–Crippen MR) is 88.4 cm³/mol. The Morgan fingerprint density at radius 1 is 0.696 bits per heavy atom. The average Bonchev–Trinajstić information content (AvgIpc) is 2.50. The molecular formula is C19H34O4-2. The Bertz CT molecular complexity index is 302. The maximum atomic E-state index is 10.9. The van der Waals surface area contributed by atoms with Gasteiger partial charge in [-0.3, -0.25) is 0 Å². The lowest BCUT2D eigenvalue weighted by Crippen LogP contribution is -2.33. The number of hydrogen-bond donors (Lipinski definition) is 0. The second-order valence-corrected chi connectivity index (χ2v) is 6.60. The first-order valence-corrected chi connectivity index (χ1v) is 9.48. The van der Waals surface area contributed by atoms with Crippen molar-refractivity contribution in [2.24, 2.45) is 5.92 Å². The molecule has 0 saturated carbocycles. The van der Waals surface area contributed by atoms with Crippen LogP contribution in [0.2, 0.25) is 0 Å². The molecule has 0 aromatic carbocycles. The molecule has 4 heteroatoms. The SMILES string of the molecule is CCCCCCCCCCCCCCC(CCC(=O)[O-])C(=O)[O-]. The Labute approximate surface area is 141 Å². The summed E-state index contributed by atoms with van der Waals surface area (Å²) in [5.41, 5.74) is 0. The van der Waals surface area contributed by atoms with E-state index in [9.17, 15) is 19.8 Å². The molecule has 0 bridgehead atoms. The van der Waals surface area contributed by atoms with Crippen molar-refractivity contribution in [2.45, 2.75) is 103 Å². The molecule has 0 fully saturated rings. The van der Waals surface area contributed by atoms with Crippen molar-refractivity contribution in [3.8, 4) is 0 Å². The van der Waals surface area contributed by atoms with Crippen LogP contribution in [-0.2, 0) is 9.59 Å². The van der Waals surface area contributed by atoms with E-state index in [0.29, 0.717) is 6.42 Å². The molecule has 0 aromatic heterocycles. The van der Waals surface area contributed by atoms with Gasteiger partial charge in [0.1, 0.15) is 0 Å². The molecular weight excluding hydrogens is 292 g/mol. The topological polar surface area (TPSA) is 80.3 Å². The van der Waals surface area contributed by atoms with Gasteiger partial charge in [-0.05, 0) is 25.2 Å². The maximum Gasteiger partial charge on any atom is 0.0445 e. The molecule has 136 valence electrons. The molecule has 4 nitrogen and oxygen atoms in total. The quantitative estimate of drug-likeness (QED) is 0.385. The Balaban J connectivity index is 3.39. The fourth-order valence-electron chi connectivity index (χ4n) is 2.90. The number of unbranched alkanes of at least 4 members (excludes halogenated alkanes) is 11. The lowest BCUT2D eigenvalue weighted by Gasteiger charge is -2.18. The molecule has 0 saturated heterocycles. The number of hydrogen-bond acceptors (Lipinski definition) is 4. The average molecular weight is 326 g/mol. The van der Waals surface area contributed by atoms with Crippen LogP contribution in [0, 0.1) is 5.92 Å². The molecule has 0 aliphatic heterocycles. The fourth-order valence-corrected chi connectivity index (χ4v) is 2.90. The van der Waals surface area contributed by atoms with Gasteiger partial charge in [-0.2, -0.15) is 0 Å². The first kappa shape index (κ1) is 21.9. The Kier molecular flexibility index (Phi) is 15.1. The molecule has 0 amide bonds. The second kappa shape index (κ2) is 15.8. The highest BCUT2D eigenvalue weighted by Crippen LogP contribution is 2.17. The third-order valence-electron chi connectivity index (χ3n) is 4.44. The van der Waals surface area contributed by atoms with Gasteiger partial charge in [0.2, 0.25) is 0 Å². The lowest BCUT2D eigenvalue weighted by molar-refractivity contribution is -0.313. The van der Waals surface area contributed by atoms with Gasteiger partial charge < -0.3 is 19.8 Å². The molecule has 0 radical (unpaired) electrons. The molecule has 23 heavy (non-hydrogen) atoms. The zero-order valence-corrected chi connectivity index (χ0v) is 14.8. The van der Waals surface area contributed by atoms with Crippen LogP contribution in [-0.4, -0.2) is 11.9 Å². The molecule has 0 N–H and O–H groups in total. The molecule has 0 heterocycles. The minimum absolute atomic E-state index is 0.128. The highest BCUT2D eigenvalue weighted by molar-refractivity contribution is 5.69. The number of aliphatic carboxylic acids is 2. The zero-order chi connectivity index (χ0) is 17.3. The third kappa shape index (κ3) is 15.6. The third-order valence-corrected chi connectivity index (χ3v) is 4.44. The van der Waals surface area contributed by atoms with Crippen LogP contribution in [0.25, 0.3) is 0 Å². The molecule has 0 aromatic rings. The van der Waals surface area contributed by atoms with E-state index in [1.807, 2.05) is 0 Å². The summed E-state index contributed by atoms with van der Waals surface area (Å²) >= 11 is 0. The van der Waals surface area contributed by atoms with Gasteiger partial charge in [-0.1, -0.05) is 84.0 Å². The number of carboxylic acids is 2. The van der Waals surface area contributed by atoms with Crippen molar-refractivity contribution < 1.29 is 19.8 Å². The first-order valence-electron chi connectivity index (χ1n) is 9.48. The maximum absolute atomic E-state index is 10.9. The van der Waals surface area contributed by atoms with Gasteiger partial charge >= 0.3 is 0 Å². The van der Waals surface area contributed by atoms with Crippen molar-refractivity contribution in [1.29, 1.82) is 0 Å². The predicted octanol–water partition coefficient (Wildman–Crippen LogP) is 2.97. The van der Waals surface area contributed by atoms with E-state index in [0.717, 1.165) is 19.3 Å². The van der Waals surface area contributed by atoms with Gasteiger partial charge in [-0.25, -0.2) is 0 Å². The van der Waals surface area contributed by atoms with Crippen LogP contribution in [0.15, 0.2) is 0 Å². The summed E-state index contributed by atoms with van der Waals surface area (Å²) in [4.78, 5) is 21.3. The molecule has 0 aliphatic carbocycles. The number of carbonyl (C=O) groups excluding carboxylic acids is 2. The first-order chi connectivity index (χ1) is 11.1. The number of carbonyl (C=O) groups is 2. The van der Waals surface area contributed by atoms with E-state index in [4.69, 9.17) is 0 Å². The molecule has 0 aliphatic rings. The summed E-state index contributed by atoms with van der Waals surface area (Å²) < 4.78 is 0. The van der Waals surface area contributed by atoms with Crippen LogP contribution < -0.4 is 10.2 Å². The summed E-state index contributed by atoms with van der Waals surface area (Å²) in [6, 6.07) is 0. The summed E-state index contributed by atoms with van der Waals surface area (Å²) in [5.74, 6) is -2.96. The van der Waals surface area contributed by atoms with E-state index in [2.05, 4.69) is 6.92 Å². The Hall–Kier alpha value is -1.06. The van der Waals surface area contributed by atoms with Gasteiger partial charge in [0.15, 0.2) is 0 Å². The largest absolute Gasteiger partial charge is 0.550 e. The lowest BCUT2D eigenvalue weighted by atomic mass is 9.95. The second-order valence-electron chi connectivity index (χ2n) is 6.60. The summed E-state index contributed by atoms with van der Waals surface area (Å²) in [6.45, 7) is 2.23. The molecule has 0 rings (SSSR count). The van der Waals surface area contributed by atoms with Crippen molar-refractivity contribution in [3.63, 3.8) is 0 Å². The molecule has 0 spiro atoms. The summed E-state index contributed by atoms with van der Waals surface area (Å²) in [7, 11) is 0. The minimum atomic E-state index is -1.19. The highest BCUT2D eigenvalue weighted by Gasteiger charge is 2.09. The van der Waals surface area contributed by atoms with Crippen LogP contribution in [0.5, 0.6) is 0 Å². The molecule has 1 unspecified atom stereocenters. The summed E-state index contributed by atoms with van der Waals surface area (Å²) in [6.07, 6.45) is 15.3. The Morgan fingerprint density at radius 3 is 1.52 bits per heavy atom. The van der Waals surface area contributed by atoms with E-state index in [1.165, 1.54) is 57.8 Å². The fraction of sp³-hybridized carbons (Fsp3) is 0.895. The van der Waals surface area contributed by atoms with Gasteiger partial charge in [0.05, 0.1) is 0 Å². The van der Waals surface area contributed by atoms with Crippen molar-refractivity contribution in [1.82, 2.24) is 0 Å². The Morgan fingerprint density at radius 2 is 1.13 bits per heavy atom. The monoisotopic (exact) mass is 326 g/mol. The van der Waals surface area contributed by atoms with Crippen LogP contribution in [0.1, 0.15) is 103 Å². The van der Waals surface area contributed by atoms with E-state index in [-0.39, 0.29) is 12.8 Å². The number of carboxylic acid groups (broad SMARTS) is 2. The van der Waals surface area contributed by atoms with E-state index >= 15 is 0 Å². The molecule has 1 atom stereocenters. The van der Waals surface area contributed by atoms with Crippen molar-refractivity contribution in [3.05, 3.63) is 0 Å². The van der Waals surface area contributed by atoms with Gasteiger partial charge in [-0.15, -0.1) is 0 Å². The zero-order valence-electron chi connectivity index (χ0n) is 14.8. The standard InChI is InChI=1S/C19H36O4/c1-2-3-4-5-6-7-8-9-10-11-12-13-14-17(19(22)23)15-16-18(20)21/h17H,2-16H2,1H3,(H,20,21)(H,22,23)/p-2. The number of rotatable bonds is 17. The van der Waals surface area contributed by atoms with E-state index in [1.54, 1.807) is 0 Å².